The van der Waals surface area contributed by atoms with Crippen molar-refractivity contribution in [2.45, 2.75) is 5.75 Å². The largest absolute Gasteiger partial charge is 0.283 e. The quantitative estimate of drug-likeness (QED) is 0.916. The van der Waals surface area contributed by atoms with Gasteiger partial charge in [0.05, 0.1) is 21.5 Å². The second kappa shape index (κ2) is 5.99. The van der Waals surface area contributed by atoms with Crippen LogP contribution in [0.15, 0.2) is 42.5 Å². The summed E-state index contributed by atoms with van der Waals surface area (Å²) in [6.07, 6.45) is 0. The van der Waals surface area contributed by atoms with Crippen LogP contribution in [0.1, 0.15) is 5.56 Å². The minimum Gasteiger partial charge on any atom is -0.283 e. The zero-order valence-electron chi connectivity index (χ0n) is 10.1. The third-order valence-corrected chi connectivity index (χ3v) is 4.44. The highest BCUT2D eigenvalue weighted by Crippen LogP contribution is 2.24. The maximum atomic E-state index is 13.0. The van der Waals surface area contributed by atoms with E-state index < -0.39 is 15.8 Å². The molecule has 1 N–H and O–H groups in total. The van der Waals surface area contributed by atoms with Crippen molar-refractivity contribution in [1.82, 2.24) is 0 Å². The Morgan fingerprint density at radius 1 is 1.05 bits per heavy atom. The van der Waals surface area contributed by atoms with Crippen molar-refractivity contribution >= 4 is 38.9 Å². The van der Waals surface area contributed by atoms with Gasteiger partial charge in [0.25, 0.3) is 0 Å². The fraction of sp³-hybridized carbons (Fsp3) is 0.0769. The van der Waals surface area contributed by atoms with Gasteiger partial charge >= 0.3 is 0 Å². The van der Waals surface area contributed by atoms with Gasteiger partial charge in [0.2, 0.25) is 10.0 Å². The molecule has 0 aliphatic heterocycles. The number of hydrogen-bond donors (Lipinski definition) is 1. The minimum absolute atomic E-state index is 0.171. The number of benzene rings is 2. The number of rotatable bonds is 4. The van der Waals surface area contributed by atoms with Crippen LogP contribution in [0.3, 0.4) is 0 Å². The summed E-state index contributed by atoms with van der Waals surface area (Å²) in [7, 11) is -3.65. The average molecular weight is 334 g/mol. The Labute approximate surface area is 126 Å². The van der Waals surface area contributed by atoms with Crippen molar-refractivity contribution in [2.24, 2.45) is 0 Å². The van der Waals surface area contributed by atoms with Crippen LogP contribution in [-0.4, -0.2) is 8.42 Å². The Bertz CT molecular complexity index is 735. The maximum Gasteiger partial charge on any atom is 0.236 e. The summed E-state index contributed by atoms with van der Waals surface area (Å²) < 4.78 is 39.2. The molecule has 0 heterocycles. The zero-order chi connectivity index (χ0) is 14.8. The normalized spacial score (nSPS) is 11.3. The van der Waals surface area contributed by atoms with Crippen molar-refractivity contribution in [1.29, 1.82) is 0 Å². The van der Waals surface area contributed by atoms with Gasteiger partial charge in [-0.2, -0.15) is 0 Å². The lowest BCUT2D eigenvalue weighted by atomic mass is 10.2. The van der Waals surface area contributed by atoms with Gasteiger partial charge in [0, 0.05) is 0 Å². The van der Waals surface area contributed by atoms with E-state index in [1.807, 2.05) is 0 Å². The summed E-state index contributed by atoms with van der Waals surface area (Å²) in [6.45, 7) is 0. The van der Waals surface area contributed by atoms with Crippen LogP contribution in [-0.2, 0) is 15.8 Å². The number of anilines is 1. The van der Waals surface area contributed by atoms with Crippen LogP contribution in [0.5, 0.6) is 0 Å². The number of sulfonamides is 1. The van der Waals surface area contributed by atoms with Crippen molar-refractivity contribution < 1.29 is 12.8 Å². The molecule has 0 bridgehead atoms. The molecule has 0 radical (unpaired) electrons. The van der Waals surface area contributed by atoms with E-state index in [-0.39, 0.29) is 16.5 Å². The van der Waals surface area contributed by atoms with Gasteiger partial charge in [0.1, 0.15) is 5.82 Å². The Hall–Kier alpha value is -1.30. The van der Waals surface area contributed by atoms with E-state index in [2.05, 4.69) is 4.72 Å². The molecule has 7 heteroatoms. The molecule has 0 amide bonds. The fourth-order valence-corrected chi connectivity index (χ4v) is 3.11. The summed E-state index contributed by atoms with van der Waals surface area (Å²) >= 11 is 11.6. The van der Waals surface area contributed by atoms with Gasteiger partial charge in [-0.3, -0.25) is 4.72 Å². The van der Waals surface area contributed by atoms with E-state index in [0.717, 1.165) is 6.07 Å². The Morgan fingerprint density at radius 3 is 2.45 bits per heavy atom. The summed E-state index contributed by atoms with van der Waals surface area (Å²) in [5.74, 6) is -0.792. The molecule has 0 saturated heterocycles. The van der Waals surface area contributed by atoms with E-state index in [9.17, 15) is 12.8 Å². The predicted octanol–water partition coefficient (Wildman–Crippen LogP) is 4.07. The molecule has 0 fully saturated rings. The molecule has 3 nitrogen and oxygen atoms in total. The Kier molecular flexibility index (Phi) is 4.52. The number of hydrogen-bond acceptors (Lipinski definition) is 2. The lowest BCUT2D eigenvalue weighted by Gasteiger charge is -2.08. The number of halogens is 3. The lowest BCUT2D eigenvalue weighted by Crippen LogP contribution is -2.15. The highest BCUT2D eigenvalue weighted by molar-refractivity contribution is 7.91. The first-order chi connectivity index (χ1) is 9.35. The molecule has 20 heavy (non-hydrogen) atoms. The third-order valence-electron chi connectivity index (χ3n) is 2.44. The van der Waals surface area contributed by atoms with Gasteiger partial charge in [-0.25, -0.2) is 12.8 Å². The van der Waals surface area contributed by atoms with E-state index in [1.54, 1.807) is 6.07 Å². The van der Waals surface area contributed by atoms with Crippen molar-refractivity contribution in [2.75, 3.05) is 4.72 Å². The van der Waals surface area contributed by atoms with Crippen molar-refractivity contribution in [3.8, 4) is 0 Å². The van der Waals surface area contributed by atoms with Gasteiger partial charge in [-0.15, -0.1) is 0 Å². The molecule has 0 aliphatic carbocycles. The molecule has 0 unspecified atom stereocenters. The van der Waals surface area contributed by atoms with Crippen molar-refractivity contribution in [3.05, 3.63) is 63.9 Å². The van der Waals surface area contributed by atoms with Gasteiger partial charge in [0.15, 0.2) is 0 Å². The van der Waals surface area contributed by atoms with Gasteiger partial charge in [-0.05, 0) is 35.9 Å². The molecular formula is C13H10Cl2FNO2S. The summed E-state index contributed by atoms with van der Waals surface area (Å²) in [6, 6.07) is 9.80. The molecule has 106 valence electrons. The fourth-order valence-electron chi connectivity index (χ4n) is 1.62. The van der Waals surface area contributed by atoms with Crippen LogP contribution in [0.4, 0.5) is 10.1 Å². The monoisotopic (exact) mass is 333 g/mol. The molecule has 0 aliphatic rings. The molecule has 2 rings (SSSR count). The molecule has 2 aromatic rings. The highest BCUT2D eigenvalue weighted by atomic mass is 35.5. The number of nitrogens with one attached hydrogen (secondary N) is 1. The molecule has 0 saturated carbocycles. The van der Waals surface area contributed by atoms with Gasteiger partial charge < -0.3 is 0 Å². The highest BCUT2D eigenvalue weighted by Gasteiger charge is 2.13. The van der Waals surface area contributed by atoms with Crippen LogP contribution in [0, 0.1) is 5.82 Å². The first kappa shape index (κ1) is 15.1. The van der Waals surface area contributed by atoms with Crippen LogP contribution in [0.2, 0.25) is 10.0 Å². The Balaban J connectivity index is 2.17. The van der Waals surface area contributed by atoms with E-state index in [1.165, 1.54) is 30.3 Å². The average Bonchev–Trinajstić information content (AvgIpc) is 2.33. The first-order valence-corrected chi connectivity index (χ1v) is 7.96. The standard InChI is InChI=1S/C13H10Cl2FNO2S/c14-12-5-4-9(6-13(12)15)8-20(18,19)17-11-3-1-2-10(16)7-11/h1-7,17H,8H2. The topological polar surface area (TPSA) is 46.2 Å². The van der Waals surface area contributed by atoms with E-state index in [0.29, 0.717) is 10.6 Å². The SMILES string of the molecule is O=S(=O)(Cc1ccc(Cl)c(Cl)c1)Nc1cccc(F)c1. The second-order valence-corrected chi connectivity index (χ2v) is 6.66. The lowest BCUT2D eigenvalue weighted by molar-refractivity contribution is 0.600. The smallest absolute Gasteiger partial charge is 0.236 e. The molecule has 0 aromatic heterocycles. The second-order valence-electron chi connectivity index (χ2n) is 4.12. The first-order valence-electron chi connectivity index (χ1n) is 5.56. The molecule has 0 spiro atoms. The summed E-state index contributed by atoms with van der Waals surface area (Å²) in [4.78, 5) is 0. The zero-order valence-corrected chi connectivity index (χ0v) is 12.4. The maximum absolute atomic E-state index is 13.0. The molecule has 2 aromatic carbocycles. The van der Waals surface area contributed by atoms with Crippen LogP contribution >= 0.6 is 23.2 Å². The van der Waals surface area contributed by atoms with Crippen LogP contribution in [0.25, 0.3) is 0 Å². The summed E-state index contributed by atoms with van der Waals surface area (Å²) in [5, 5.41) is 0.635. The van der Waals surface area contributed by atoms with E-state index in [4.69, 9.17) is 23.2 Å². The molecule has 0 atom stereocenters. The Morgan fingerprint density at radius 2 is 1.80 bits per heavy atom. The van der Waals surface area contributed by atoms with Gasteiger partial charge in [-0.1, -0.05) is 35.3 Å². The molecular weight excluding hydrogens is 324 g/mol. The summed E-state index contributed by atoms with van der Waals surface area (Å²) in [5.41, 5.74) is 0.661. The van der Waals surface area contributed by atoms with E-state index >= 15 is 0 Å². The predicted molar refractivity (Wildman–Crippen MR) is 79.1 cm³/mol. The minimum atomic E-state index is -3.65. The third kappa shape index (κ3) is 4.10. The van der Waals surface area contributed by atoms with Crippen LogP contribution < -0.4 is 4.72 Å². The van der Waals surface area contributed by atoms with Crippen molar-refractivity contribution in [3.63, 3.8) is 0 Å².